The van der Waals surface area contributed by atoms with Crippen molar-refractivity contribution in [2.24, 2.45) is 11.8 Å². The molecule has 3 atom stereocenters. The van der Waals surface area contributed by atoms with Crippen LogP contribution in [-0.4, -0.2) is 31.8 Å². The summed E-state index contributed by atoms with van der Waals surface area (Å²) in [7, 11) is -1.88. The van der Waals surface area contributed by atoms with Crippen molar-refractivity contribution in [3.63, 3.8) is 0 Å². The SMILES string of the molecule is CC(=O)C(C(=O)OC(C)(C)C)[C@H]1C=C[C@@H](O[Si](C)(C)C(C)(C)C)C1. The molecular weight excluding hydrogens is 320 g/mol. The number of carbonyl (C=O) groups is 2. The van der Waals surface area contributed by atoms with Crippen LogP contribution in [0.2, 0.25) is 18.1 Å². The Labute approximate surface area is 148 Å². The fraction of sp³-hybridized carbons (Fsp3) is 0.789. The maximum Gasteiger partial charge on any atom is 0.317 e. The van der Waals surface area contributed by atoms with Crippen molar-refractivity contribution in [3.8, 4) is 0 Å². The molecule has 1 unspecified atom stereocenters. The molecule has 1 aliphatic rings. The highest BCUT2D eigenvalue weighted by Gasteiger charge is 2.42. The van der Waals surface area contributed by atoms with Crippen LogP contribution in [-0.2, 0) is 18.8 Å². The van der Waals surface area contributed by atoms with Gasteiger partial charge in [0.15, 0.2) is 8.32 Å². The van der Waals surface area contributed by atoms with Gasteiger partial charge in [0.1, 0.15) is 17.3 Å². The van der Waals surface area contributed by atoms with E-state index in [9.17, 15) is 9.59 Å². The second-order valence-electron chi connectivity index (χ2n) is 9.32. The summed E-state index contributed by atoms with van der Waals surface area (Å²) in [4.78, 5) is 24.5. The maximum absolute atomic E-state index is 12.4. The molecule has 0 saturated heterocycles. The molecule has 1 rings (SSSR count). The summed E-state index contributed by atoms with van der Waals surface area (Å²) in [6, 6.07) is 0. The van der Waals surface area contributed by atoms with Crippen LogP contribution in [0.1, 0.15) is 54.9 Å². The first-order valence-electron chi connectivity index (χ1n) is 8.73. The summed E-state index contributed by atoms with van der Waals surface area (Å²) in [5.41, 5.74) is -0.593. The van der Waals surface area contributed by atoms with E-state index in [1.54, 1.807) is 0 Å². The summed E-state index contributed by atoms with van der Waals surface area (Å²) >= 11 is 0. The zero-order valence-corrected chi connectivity index (χ0v) is 17.7. The van der Waals surface area contributed by atoms with E-state index in [0.29, 0.717) is 6.42 Å². The second-order valence-corrected chi connectivity index (χ2v) is 14.1. The summed E-state index contributed by atoms with van der Waals surface area (Å²) < 4.78 is 11.8. The normalized spacial score (nSPS) is 23.2. The lowest BCUT2D eigenvalue weighted by Crippen LogP contribution is -2.43. The van der Waals surface area contributed by atoms with Crippen LogP contribution in [0, 0.1) is 11.8 Å². The zero-order valence-electron chi connectivity index (χ0n) is 16.7. The van der Waals surface area contributed by atoms with Crippen molar-refractivity contribution < 1.29 is 18.8 Å². The van der Waals surface area contributed by atoms with Crippen molar-refractivity contribution in [3.05, 3.63) is 12.2 Å². The Morgan fingerprint density at radius 1 is 1.08 bits per heavy atom. The fourth-order valence-corrected chi connectivity index (χ4v) is 3.87. The monoisotopic (exact) mass is 354 g/mol. The van der Waals surface area contributed by atoms with E-state index in [2.05, 4.69) is 33.9 Å². The van der Waals surface area contributed by atoms with Gasteiger partial charge in [-0.15, -0.1) is 0 Å². The summed E-state index contributed by atoms with van der Waals surface area (Å²) in [6.45, 7) is 17.9. The summed E-state index contributed by atoms with van der Waals surface area (Å²) in [5, 5.41) is 0.129. The largest absolute Gasteiger partial charge is 0.459 e. The molecule has 0 N–H and O–H groups in total. The lowest BCUT2D eigenvalue weighted by molar-refractivity contribution is -0.163. The molecule has 5 heteroatoms. The molecule has 1 aliphatic carbocycles. The molecule has 138 valence electrons. The predicted octanol–water partition coefficient (Wildman–Crippen LogP) is 4.50. The topological polar surface area (TPSA) is 52.6 Å². The first-order valence-corrected chi connectivity index (χ1v) is 11.6. The number of carbonyl (C=O) groups excluding carboxylic acids is 2. The number of hydrogen-bond acceptors (Lipinski definition) is 4. The first-order chi connectivity index (χ1) is 10.6. The van der Waals surface area contributed by atoms with E-state index in [1.807, 2.05) is 32.9 Å². The molecular formula is C19H34O4Si. The van der Waals surface area contributed by atoms with E-state index in [1.165, 1.54) is 6.92 Å². The fourth-order valence-electron chi connectivity index (χ4n) is 2.59. The molecule has 0 aliphatic heterocycles. The molecule has 0 bridgehead atoms. The minimum atomic E-state index is -1.88. The number of rotatable bonds is 5. The Kier molecular flexibility index (Phi) is 6.26. The minimum absolute atomic E-state index is 0.0276. The minimum Gasteiger partial charge on any atom is -0.459 e. The number of esters is 1. The van der Waals surface area contributed by atoms with Gasteiger partial charge in [0, 0.05) is 0 Å². The van der Waals surface area contributed by atoms with Crippen LogP contribution in [0.15, 0.2) is 12.2 Å². The standard InChI is InChI=1S/C19H34O4Si/c1-13(20)16(17(21)22-18(2,3)4)14-10-11-15(12-14)23-24(8,9)19(5,6)7/h10-11,14-16H,12H2,1-9H3/t14-,15+,16?/m0/s1. The van der Waals surface area contributed by atoms with E-state index >= 15 is 0 Å². The Hall–Kier alpha value is -0.943. The molecule has 0 saturated carbocycles. The zero-order chi connectivity index (χ0) is 18.9. The Morgan fingerprint density at radius 3 is 2.04 bits per heavy atom. The van der Waals surface area contributed by atoms with Gasteiger partial charge >= 0.3 is 5.97 Å². The third kappa shape index (κ3) is 5.55. The van der Waals surface area contributed by atoms with Gasteiger partial charge in [0.05, 0.1) is 6.10 Å². The average Bonchev–Trinajstić information content (AvgIpc) is 2.71. The highest BCUT2D eigenvalue weighted by Crippen LogP contribution is 2.40. The van der Waals surface area contributed by atoms with Gasteiger partial charge in [-0.1, -0.05) is 32.9 Å². The molecule has 0 aromatic carbocycles. The molecule has 24 heavy (non-hydrogen) atoms. The quantitative estimate of drug-likeness (QED) is 0.316. The van der Waals surface area contributed by atoms with E-state index in [-0.39, 0.29) is 22.8 Å². The number of ketones is 1. The van der Waals surface area contributed by atoms with Crippen LogP contribution in [0.25, 0.3) is 0 Å². The van der Waals surface area contributed by atoms with E-state index in [0.717, 1.165) is 0 Å². The van der Waals surface area contributed by atoms with Crippen molar-refractivity contribution in [2.45, 2.75) is 84.7 Å². The average molecular weight is 355 g/mol. The maximum atomic E-state index is 12.4. The molecule has 0 fully saturated rings. The highest BCUT2D eigenvalue weighted by molar-refractivity contribution is 6.74. The van der Waals surface area contributed by atoms with Gasteiger partial charge in [0.2, 0.25) is 0 Å². The Morgan fingerprint density at radius 2 is 1.62 bits per heavy atom. The van der Waals surface area contributed by atoms with Crippen molar-refractivity contribution in [2.75, 3.05) is 0 Å². The number of allylic oxidation sites excluding steroid dienone is 1. The van der Waals surface area contributed by atoms with Gasteiger partial charge in [-0.25, -0.2) is 0 Å². The van der Waals surface area contributed by atoms with Crippen LogP contribution in [0.3, 0.4) is 0 Å². The van der Waals surface area contributed by atoms with Gasteiger partial charge in [0.25, 0.3) is 0 Å². The third-order valence-corrected chi connectivity index (χ3v) is 9.36. The molecule has 0 spiro atoms. The molecule has 0 aromatic heterocycles. The second kappa shape index (κ2) is 7.12. The van der Waals surface area contributed by atoms with Gasteiger partial charge in [-0.2, -0.15) is 0 Å². The molecule has 0 aromatic rings. The Balaban J connectivity index is 2.80. The molecule has 0 amide bonds. The van der Waals surface area contributed by atoms with Crippen LogP contribution >= 0.6 is 0 Å². The van der Waals surface area contributed by atoms with Crippen LogP contribution in [0.4, 0.5) is 0 Å². The highest BCUT2D eigenvalue weighted by atomic mass is 28.4. The Bertz CT molecular complexity index is 508. The first kappa shape index (κ1) is 21.1. The third-order valence-electron chi connectivity index (χ3n) is 4.86. The van der Waals surface area contributed by atoms with Gasteiger partial charge < -0.3 is 9.16 Å². The van der Waals surface area contributed by atoms with Crippen LogP contribution in [0.5, 0.6) is 0 Å². The lowest BCUT2D eigenvalue weighted by Gasteiger charge is -2.38. The number of ether oxygens (including phenoxy) is 1. The summed E-state index contributed by atoms with van der Waals surface area (Å²) in [5.74, 6) is -1.47. The molecule has 0 radical (unpaired) electrons. The van der Waals surface area contributed by atoms with Gasteiger partial charge in [-0.3, -0.25) is 9.59 Å². The smallest absolute Gasteiger partial charge is 0.317 e. The van der Waals surface area contributed by atoms with E-state index < -0.39 is 25.8 Å². The van der Waals surface area contributed by atoms with E-state index in [4.69, 9.17) is 9.16 Å². The predicted molar refractivity (Wildman–Crippen MR) is 99.3 cm³/mol. The molecule has 0 heterocycles. The number of Topliss-reactive ketones (excluding diaryl/α,β-unsaturated/α-hetero) is 1. The molecule has 4 nitrogen and oxygen atoms in total. The van der Waals surface area contributed by atoms with Crippen molar-refractivity contribution >= 4 is 20.1 Å². The number of hydrogen-bond donors (Lipinski definition) is 0. The van der Waals surface area contributed by atoms with Crippen molar-refractivity contribution in [1.82, 2.24) is 0 Å². The van der Waals surface area contributed by atoms with Gasteiger partial charge in [-0.05, 0) is 58.2 Å². The summed E-state index contributed by atoms with van der Waals surface area (Å²) in [6.07, 6.45) is 4.59. The van der Waals surface area contributed by atoms with Crippen LogP contribution < -0.4 is 0 Å². The lowest BCUT2D eigenvalue weighted by atomic mass is 9.88. The van der Waals surface area contributed by atoms with Crippen molar-refractivity contribution in [1.29, 1.82) is 0 Å².